The van der Waals surface area contributed by atoms with Crippen LogP contribution in [0.2, 0.25) is 0 Å². The largest absolute Gasteiger partial charge is 0.378 e. The number of nitrogens with zero attached hydrogens (tertiary/aromatic N) is 1. The van der Waals surface area contributed by atoms with Gasteiger partial charge in [-0.2, -0.15) is 0 Å². The summed E-state index contributed by atoms with van der Waals surface area (Å²) in [5, 5.41) is 3.11. The number of hydrogen-bond acceptors (Lipinski definition) is 4. The maximum Gasteiger partial charge on any atom is 0.264 e. The number of carbonyl (C=O) groups is 2. The van der Waals surface area contributed by atoms with Crippen LogP contribution in [0, 0.1) is 5.92 Å². The number of thiophene rings is 1. The van der Waals surface area contributed by atoms with Gasteiger partial charge in [0.05, 0.1) is 18.1 Å². The molecule has 154 valence electrons. The first-order valence-electron chi connectivity index (χ1n) is 10.5. The van der Waals surface area contributed by atoms with Crippen LogP contribution >= 0.6 is 11.3 Å². The lowest BCUT2D eigenvalue weighted by Gasteiger charge is -2.26. The van der Waals surface area contributed by atoms with Crippen LogP contribution in [0.1, 0.15) is 38.5 Å². The fourth-order valence-electron chi connectivity index (χ4n) is 4.07. The molecule has 2 aromatic rings. The molecule has 5 nitrogen and oxygen atoms in total. The summed E-state index contributed by atoms with van der Waals surface area (Å²) < 4.78 is 5.34. The number of fused-ring (bicyclic) bond motifs is 1. The number of aryl methyl sites for hydroxylation is 2. The van der Waals surface area contributed by atoms with Crippen LogP contribution in [0.3, 0.4) is 0 Å². The average Bonchev–Trinajstić information content (AvgIpc) is 3.21. The molecule has 0 bridgehead atoms. The van der Waals surface area contributed by atoms with Gasteiger partial charge in [-0.25, -0.2) is 0 Å². The zero-order valence-corrected chi connectivity index (χ0v) is 17.5. The van der Waals surface area contributed by atoms with Crippen LogP contribution < -0.4 is 5.32 Å². The highest BCUT2D eigenvalue weighted by atomic mass is 32.1. The van der Waals surface area contributed by atoms with Crippen LogP contribution in [0.15, 0.2) is 36.4 Å². The maximum atomic E-state index is 12.7. The number of amides is 2. The normalized spacial score (nSPS) is 18.9. The Morgan fingerprint density at radius 1 is 1.17 bits per heavy atom. The summed E-state index contributed by atoms with van der Waals surface area (Å²) in [6.45, 7) is 3.26. The van der Waals surface area contributed by atoms with Gasteiger partial charge in [-0.05, 0) is 49.3 Å². The standard InChI is InChI=1S/C23H28N2O3S/c26-22(24-10-4-7-17-5-2-1-3-6-17)18-8-9-20-19(15-18)16-21(29-20)23(27)25-11-13-28-14-12-25/h1-3,5-6,16,18H,4,7-15H2,(H,24,26)/t18-/m1/s1. The molecule has 2 amide bonds. The van der Waals surface area contributed by atoms with E-state index in [9.17, 15) is 9.59 Å². The summed E-state index contributed by atoms with van der Waals surface area (Å²) >= 11 is 1.61. The number of nitrogens with one attached hydrogen (secondary N) is 1. The Hall–Kier alpha value is -2.18. The molecule has 1 fully saturated rings. The lowest BCUT2D eigenvalue weighted by Crippen LogP contribution is -2.40. The van der Waals surface area contributed by atoms with E-state index in [1.54, 1.807) is 11.3 Å². The van der Waals surface area contributed by atoms with E-state index in [1.165, 1.54) is 16.0 Å². The second-order valence-corrected chi connectivity index (χ2v) is 8.92. The summed E-state index contributed by atoms with van der Waals surface area (Å²) in [7, 11) is 0. The van der Waals surface area contributed by atoms with Gasteiger partial charge >= 0.3 is 0 Å². The van der Waals surface area contributed by atoms with Crippen molar-refractivity contribution in [3.63, 3.8) is 0 Å². The van der Waals surface area contributed by atoms with Gasteiger partial charge < -0.3 is 15.0 Å². The summed E-state index contributed by atoms with van der Waals surface area (Å²) in [5.41, 5.74) is 2.49. The zero-order valence-electron chi connectivity index (χ0n) is 16.7. The van der Waals surface area contributed by atoms with Crippen molar-refractivity contribution in [1.29, 1.82) is 0 Å². The quantitative estimate of drug-likeness (QED) is 0.742. The Balaban J connectivity index is 1.27. The maximum absolute atomic E-state index is 12.7. The SMILES string of the molecule is O=C(NCCCc1ccccc1)[C@@H]1CCc2sc(C(=O)N3CCOCC3)cc2C1. The molecule has 0 unspecified atom stereocenters. The van der Waals surface area contributed by atoms with Gasteiger partial charge in [0, 0.05) is 30.4 Å². The predicted octanol–water partition coefficient (Wildman–Crippen LogP) is 3.07. The number of carbonyl (C=O) groups excluding carboxylic acids is 2. The number of morpholine rings is 1. The van der Waals surface area contributed by atoms with Crippen molar-refractivity contribution in [2.75, 3.05) is 32.8 Å². The average molecular weight is 413 g/mol. The van der Waals surface area contributed by atoms with Gasteiger partial charge in [0.1, 0.15) is 0 Å². The lowest BCUT2D eigenvalue weighted by molar-refractivity contribution is -0.125. The van der Waals surface area contributed by atoms with Crippen molar-refractivity contribution in [2.45, 2.75) is 32.1 Å². The molecule has 1 N–H and O–H groups in total. The molecular formula is C23H28N2O3S. The summed E-state index contributed by atoms with van der Waals surface area (Å²) in [5.74, 6) is 0.269. The van der Waals surface area contributed by atoms with Crippen molar-refractivity contribution >= 4 is 23.2 Å². The predicted molar refractivity (Wildman–Crippen MR) is 114 cm³/mol. The molecule has 1 saturated heterocycles. The van der Waals surface area contributed by atoms with E-state index in [2.05, 4.69) is 17.4 Å². The monoisotopic (exact) mass is 412 g/mol. The molecule has 1 aliphatic heterocycles. The van der Waals surface area contributed by atoms with Gasteiger partial charge in [0.25, 0.3) is 5.91 Å². The van der Waals surface area contributed by atoms with Crippen molar-refractivity contribution in [2.24, 2.45) is 5.92 Å². The van der Waals surface area contributed by atoms with Gasteiger partial charge in [0.2, 0.25) is 5.91 Å². The van der Waals surface area contributed by atoms with Crippen LogP contribution in [-0.2, 0) is 28.8 Å². The van der Waals surface area contributed by atoms with E-state index >= 15 is 0 Å². The number of hydrogen-bond donors (Lipinski definition) is 1. The van der Waals surface area contributed by atoms with Crippen LogP contribution in [0.25, 0.3) is 0 Å². The fourth-order valence-corrected chi connectivity index (χ4v) is 5.24. The first kappa shape index (κ1) is 20.1. The molecule has 2 heterocycles. The third-order valence-electron chi connectivity index (χ3n) is 5.75. The highest BCUT2D eigenvalue weighted by Crippen LogP contribution is 2.33. The molecule has 2 aliphatic rings. The van der Waals surface area contributed by atoms with Crippen molar-refractivity contribution < 1.29 is 14.3 Å². The molecule has 1 atom stereocenters. The topological polar surface area (TPSA) is 58.6 Å². The molecule has 6 heteroatoms. The summed E-state index contributed by atoms with van der Waals surface area (Å²) in [6.07, 6.45) is 4.42. The summed E-state index contributed by atoms with van der Waals surface area (Å²) in [6, 6.07) is 12.4. The third kappa shape index (κ3) is 5.06. The second-order valence-electron chi connectivity index (χ2n) is 7.78. The Morgan fingerprint density at radius 2 is 1.97 bits per heavy atom. The highest BCUT2D eigenvalue weighted by Gasteiger charge is 2.28. The molecule has 1 aliphatic carbocycles. The molecule has 29 heavy (non-hydrogen) atoms. The molecule has 1 aromatic carbocycles. The first-order chi connectivity index (χ1) is 14.2. The minimum atomic E-state index is 0.0140. The van der Waals surface area contributed by atoms with Crippen molar-refractivity contribution in [3.05, 3.63) is 57.3 Å². The van der Waals surface area contributed by atoms with Gasteiger partial charge in [-0.1, -0.05) is 30.3 Å². The number of rotatable bonds is 6. The highest BCUT2D eigenvalue weighted by molar-refractivity contribution is 7.14. The minimum absolute atomic E-state index is 0.0140. The van der Waals surface area contributed by atoms with Gasteiger partial charge in [-0.15, -0.1) is 11.3 Å². The first-order valence-corrected chi connectivity index (χ1v) is 11.3. The molecular weight excluding hydrogens is 384 g/mol. The minimum Gasteiger partial charge on any atom is -0.378 e. The smallest absolute Gasteiger partial charge is 0.264 e. The lowest BCUT2D eigenvalue weighted by atomic mass is 9.87. The van der Waals surface area contributed by atoms with Crippen molar-refractivity contribution in [3.8, 4) is 0 Å². The third-order valence-corrected chi connectivity index (χ3v) is 6.97. The van der Waals surface area contributed by atoms with E-state index < -0.39 is 0 Å². The van der Waals surface area contributed by atoms with E-state index in [0.717, 1.165) is 37.0 Å². The van der Waals surface area contributed by atoms with E-state index in [0.29, 0.717) is 32.8 Å². The molecule has 1 aromatic heterocycles. The number of ether oxygens (including phenoxy) is 1. The fraction of sp³-hybridized carbons (Fsp3) is 0.478. The molecule has 0 spiro atoms. The van der Waals surface area contributed by atoms with Gasteiger partial charge in [0.15, 0.2) is 0 Å². The van der Waals surface area contributed by atoms with E-state index in [4.69, 9.17) is 4.74 Å². The summed E-state index contributed by atoms with van der Waals surface area (Å²) in [4.78, 5) is 29.3. The van der Waals surface area contributed by atoms with Crippen LogP contribution in [0.5, 0.6) is 0 Å². The van der Waals surface area contributed by atoms with Crippen LogP contribution in [0.4, 0.5) is 0 Å². The van der Waals surface area contributed by atoms with Gasteiger partial charge in [-0.3, -0.25) is 9.59 Å². The zero-order chi connectivity index (χ0) is 20.1. The Morgan fingerprint density at radius 3 is 2.76 bits per heavy atom. The molecule has 0 radical (unpaired) electrons. The second kappa shape index (κ2) is 9.55. The van der Waals surface area contributed by atoms with Crippen LogP contribution in [-0.4, -0.2) is 49.6 Å². The Bertz CT molecular complexity index is 843. The molecule has 0 saturated carbocycles. The Kier molecular flexibility index (Phi) is 6.62. The molecule has 4 rings (SSSR count). The Labute approximate surface area is 176 Å². The van der Waals surface area contributed by atoms with Crippen molar-refractivity contribution in [1.82, 2.24) is 10.2 Å². The number of benzene rings is 1. The van der Waals surface area contributed by atoms with E-state index in [1.807, 2.05) is 29.2 Å². The van der Waals surface area contributed by atoms with E-state index in [-0.39, 0.29) is 17.7 Å².